The number of hydrogen-bond acceptors (Lipinski definition) is 2. The summed E-state index contributed by atoms with van der Waals surface area (Å²) in [5.41, 5.74) is 0. The predicted molar refractivity (Wildman–Crippen MR) is 56.6 cm³/mol. The largest absolute Gasteiger partial charge is 0.466 e. The fourth-order valence-corrected chi connectivity index (χ4v) is 0.819. The van der Waals surface area contributed by atoms with Crippen LogP contribution in [-0.2, 0) is 9.53 Å². The van der Waals surface area contributed by atoms with Gasteiger partial charge in [-0.15, -0.1) is 0 Å². The quantitative estimate of drug-likeness (QED) is 0.431. The van der Waals surface area contributed by atoms with Gasteiger partial charge in [-0.3, -0.25) is 4.79 Å². The molecule has 0 aliphatic heterocycles. The Labute approximate surface area is 87.5 Å². The van der Waals surface area contributed by atoms with Crippen LogP contribution in [0, 0.1) is 11.8 Å². The number of esters is 1. The third kappa shape index (κ3) is 9.16. The van der Waals surface area contributed by atoms with Crippen LogP contribution in [0.1, 0.15) is 19.8 Å². The topological polar surface area (TPSA) is 26.3 Å². The summed E-state index contributed by atoms with van der Waals surface area (Å²) in [6.45, 7) is 2.23. The number of ether oxygens (including phenoxy) is 1. The zero-order valence-electron chi connectivity index (χ0n) is 7.68. The lowest BCUT2D eigenvalue weighted by molar-refractivity contribution is -0.142. The number of halogens is 1. The first-order valence-corrected chi connectivity index (χ1v) is 5.28. The molecule has 0 spiro atoms. The summed E-state index contributed by atoms with van der Waals surface area (Å²) in [5.74, 6) is 5.49. The maximum Gasteiger partial charge on any atom is 0.306 e. The fourth-order valence-electron chi connectivity index (χ4n) is 0.632. The molecular weight excluding hydrogens is 232 g/mol. The number of alkyl halides is 1. The van der Waals surface area contributed by atoms with E-state index >= 15 is 0 Å². The van der Waals surface area contributed by atoms with Crippen LogP contribution in [0.2, 0.25) is 0 Å². The van der Waals surface area contributed by atoms with E-state index in [1.54, 1.807) is 13.0 Å². The van der Waals surface area contributed by atoms with Gasteiger partial charge < -0.3 is 4.74 Å². The van der Waals surface area contributed by atoms with E-state index in [0.29, 0.717) is 19.4 Å². The fraction of sp³-hybridized carbons (Fsp3) is 0.500. The Hall–Kier alpha value is -0.750. The van der Waals surface area contributed by atoms with Crippen LogP contribution in [0.5, 0.6) is 0 Å². The highest BCUT2D eigenvalue weighted by Gasteiger charge is 1.97. The van der Waals surface area contributed by atoms with Gasteiger partial charge in [0.05, 0.1) is 13.0 Å². The Morgan fingerprint density at radius 3 is 3.00 bits per heavy atom. The first-order chi connectivity index (χ1) is 6.31. The Bertz CT molecular complexity index is 223. The van der Waals surface area contributed by atoms with Gasteiger partial charge in [0, 0.05) is 11.8 Å². The molecule has 0 aromatic rings. The summed E-state index contributed by atoms with van der Waals surface area (Å²) in [7, 11) is 0. The van der Waals surface area contributed by atoms with Gasteiger partial charge in [0.15, 0.2) is 0 Å². The smallest absolute Gasteiger partial charge is 0.306 e. The summed E-state index contributed by atoms with van der Waals surface area (Å²) < 4.78 is 4.74. The van der Waals surface area contributed by atoms with Crippen LogP contribution >= 0.6 is 15.9 Å². The first kappa shape index (κ1) is 12.2. The summed E-state index contributed by atoms with van der Waals surface area (Å²) >= 11 is 3.23. The average molecular weight is 245 g/mol. The van der Waals surface area contributed by atoms with Crippen LogP contribution in [-0.4, -0.2) is 17.9 Å². The average Bonchev–Trinajstić information content (AvgIpc) is 2.11. The maximum absolute atomic E-state index is 10.8. The first-order valence-electron chi connectivity index (χ1n) is 4.16. The van der Waals surface area contributed by atoms with E-state index in [9.17, 15) is 4.79 Å². The van der Waals surface area contributed by atoms with Gasteiger partial charge in [0.2, 0.25) is 0 Å². The number of hydrogen-bond donors (Lipinski definition) is 0. The number of rotatable bonds is 4. The molecule has 2 nitrogen and oxygen atoms in total. The van der Waals surface area contributed by atoms with Crippen molar-refractivity contribution in [2.24, 2.45) is 0 Å². The molecule has 0 unspecified atom stereocenters. The summed E-state index contributed by atoms with van der Waals surface area (Å²) in [6, 6.07) is 0. The molecule has 0 bridgehead atoms. The van der Waals surface area contributed by atoms with Gasteiger partial charge >= 0.3 is 5.97 Å². The number of allylic oxidation sites excluding steroid dienone is 2. The van der Waals surface area contributed by atoms with Crippen molar-refractivity contribution in [1.29, 1.82) is 0 Å². The molecule has 0 saturated carbocycles. The van der Waals surface area contributed by atoms with Gasteiger partial charge in [-0.1, -0.05) is 33.8 Å². The molecule has 0 radical (unpaired) electrons. The maximum atomic E-state index is 10.8. The summed E-state index contributed by atoms with van der Waals surface area (Å²) in [6.07, 6.45) is 4.60. The van der Waals surface area contributed by atoms with E-state index in [1.807, 2.05) is 6.08 Å². The molecule has 0 saturated heterocycles. The molecule has 0 rings (SSSR count). The van der Waals surface area contributed by atoms with Crippen LogP contribution in [0.25, 0.3) is 0 Å². The lowest BCUT2D eigenvalue weighted by atomic mass is 10.3. The van der Waals surface area contributed by atoms with E-state index in [2.05, 4.69) is 27.8 Å². The van der Waals surface area contributed by atoms with Gasteiger partial charge in [0.1, 0.15) is 0 Å². The SMILES string of the molecule is CCOC(=O)CCC#C/C=C/CBr. The van der Waals surface area contributed by atoms with Crippen molar-refractivity contribution < 1.29 is 9.53 Å². The van der Waals surface area contributed by atoms with Crippen LogP contribution in [0.3, 0.4) is 0 Å². The van der Waals surface area contributed by atoms with E-state index in [4.69, 9.17) is 4.74 Å². The molecule has 0 N–H and O–H groups in total. The van der Waals surface area contributed by atoms with Crippen LogP contribution < -0.4 is 0 Å². The minimum absolute atomic E-state index is 0.179. The van der Waals surface area contributed by atoms with E-state index in [0.717, 1.165) is 5.33 Å². The van der Waals surface area contributed by atoms with Crippen LogP contribution in [0.4, 0.5) is 0 Å². The molecule has 0 amide bonds. The van der Waals surface area contributed by atoms with Crippen molar-refractivity contribution in [3.8, 4) is 11.8 Å². The van der Waals surface area contributed by atoms with E-state index in [1.165, 1.54) is 0 Å². The monoisotopic (exact) mass is 244 g/mol. The minimum atomic E-state index is -0.179. The van der Waals surface area contributed by atoms with Crippen molar-refractivity contribution in [2.45, 2.75) is 19.8 Å². The lowest BCUT2D eigenvalue weighted by Crippen LogP contribution is -2.02. The molecular formula is C10H13BrO2. The molecule has 0 aliphatic carbocycles. The molecule has 0 atom stereocenters. The van der Waals surface area contributed by atoms with Crippen molar-refractivity contribution >= 4 is 21.9 Å². The molecule has 0 aliphatic rings. The zero-order valence-corrected chi connectivity index (χ0v) is 9.26. The van der Waals surface area contributed by atoms with E-state index in [-0.39, 0.29) is 5.97 Å². The third-order valence-electron chi connectivity index (χ3n) is 1.15. The standard InChI is InChI=1S/C10H13BrO2/c1-2-13-10(12)8-6-4-3-5-7-9-11/h5,7H,2,6,8-9H2,1H3/b7-5+. The van der Waals surface area contributed by atoms with Gasteiger partial charge in [-0.25, -0.2) is 0 Å². The van der Waals surface area contributed by atoms with Gasteiger partial charge in [0.25, 0.3) is 0 Å². The van der Waals surface area contributed by atoms with Crippen molar-refractivity contribution in [1.82, 2.24) is 0 Å². The molecule has 3 heteroatoms. The molecule has 0 aromatic carbocycles. The second-order valence-electron chi connectivity index (χ2n) is 2.18. The molecule has 0 heterocycles. The second-order valence-corrected chi connectivity index (χ2v) is 2.83. The van der Waals surface area contributed by atoms with Crippen molar-refractivity contribution in [2.75, 3.05) is 11.9 Å². The van der Waals surface area contributed by atoms with Crippen molar-refractivity contribution in [3.63, 3.8) is 0 Å². The molecule has 0 fully saturated rings. The lowest BCUT2D eigenvalue weighted by Gasteiger charge is -1.96. The number of carbonyl (C=O) groups excluding carboxylic acids is 1. The molecule has 72 valence electrons. The highest BCUT2D eigenvalue weighted by molar-refractivity contribution is 9.09. The van der Waals surface area contributed by atoms with E-state index < -0.39 is 0 Å². The Morgan fingerprint density at radius 1 is 1.62 bits per heavy atom. The Balaban J connectivity index is 3.47. The van der Waals surface area contributed by atoms with Gasteiger partial charge in [-0.2, -0.15) is 0 Å². The normalized spacial score (nSPS) is 9.38. The second kappa shape index (κ2) is 9.34. The minimum Gasteiger partial charge on any atom is -0.466 e. The highest BCUT2D eigenvalue weighted by Crippen LogP contribution is 1.90. The summed E-state index contributed by atoms with van der Waals surface area (Å²) in [5, 5.41) is 0.805. The Morgan fingerprint density at radius 2 is 2.38 bits per heavy atom. The van der Waals surface area contributed by atoms with Gasteiger partial charge in [-0.05, 0) is 13.0 Å². The molecule has 13 heavy (non-hydrogen) atoms. The number of carbonyl (C=O) groups is 1. The third-order valence-corrected chi connectivity index (χ3v) is 1.53. The Kier molecular flexibility index (Phi) is 8.80. The van der Waals surface area contributed by atoms with Crippen molar-refractivity contribution in [3.05, 3.63) is 12.2 Å². The summed E-state index contributed by atoms with van der Waals surface area (Å²) in [4.78, 5) is 10.8. The zero-order chi connectivity index (χ0) is 9.94. The predicted octanol–water partition coefficient (Wildman–Crippen LogP) is 2.28. The highest BCUT2D eigenvalue weighted by atomic mass is 79.9. The van der Waals surface area contributed by atoms with Crippen LogP contribution in [0.15, 0.2) is 12.2 Å². The molecule has 0 aromatic heterocycles.